The van der Waals surface area contributed by atoms with E-state index < -0.39 is 11.7 Å². The molecule has 0 spiro atoms. The maximum atomic E-state index is 12.7. The maximum Gasteiger partial charge on any atom is 0.416 e. The smallest absolute Gasteiger partial charge is 0.391 e. The van der Waals surface area contributed by atoms with E-state index >= 15 is 0 Å². The number of rotatable bonds is 4. The standard InChI is InChI=1S/C23H22F3N3O2S/c24-23(25,26)17-6-8-18(9-7-17)27-22(31)29-12-10-16(11-13-29)21-28-20(19(14-30)32-21)15-4-2-1-3-5-15/h1-9,16,30H,10-14H2,(H,27,31). The summed E-state index contributed by atoms with van der Waals surface area (Å²) in [4.78, 5) is 19.8. The van der Waals surface area contributed by atoms with Crippen LogP contribution in [0.1, 0.15) is 34.2 Å². The largest absolute Gasteiger partial charge is 0.416 e. The number of aliphatic hydroxyl groups excluding tert-OH is 1. The van der Waals surface area contributed by atoms with Crippen LogP contribution in [0.25, 0.3) is 11.3 Å². The SMILES string of the molecule is O=C(Nc1ccc(C(F)(F)F)cc1)N1CCC(c2nc(-c3ccccc3)c(CO)s2)CC1. The molecule has 4 rings (SSSR count). The van der Waals surface area contributed by atoms with Gasteiger partial charge in [0.2, 0.25) is 0 Å². The highest BCUT2D eigenvalue weighted by Gasteiger charge is 2.30. The molecule has 2 N–H and O–H groups in total. The van der Waals surface area contributed by atoms with Gasteiger partial charge < -0.3 is 15.3 Å². The molecule has 3 aromatic rings. The van der Waals surface area contributed by atoms with E-state index in [9.17, 15) is 23.1 Å². The summed E-state index contributed by atoms with van der Waals surface area (Å²) in [6, 6.07) is 13.8. The molecule has 0 aliphatic carbocycles. The first-order chi connectivity index (χ1) is 15.3. The van der Waals surface area contributed by atoms with Crippen molar-refractivity contribution < 1.29 is 23.1 Å². The van der Waals surface area contributed by atoms with Crippen LogP contribution in [-0.2, 0) is 12.8 Å². The van der Waals surface area contributed by atoms with Crippen LogP contribution in [0, 0.1) is 0 Å². The number of carbonyl (C=O) groups is 1. The van der Waals surface area contributed by atoms with E-state index in [2.05, 4.69) is 5.32 Å². The number of urea groups is 1. The van der Waals surface area contributed by atoms with Gasteiger partial charge in [0, 0.05) is 30.3 Å². The molecule has 168 valence electrons. The molecule has 9 heteroatoms. The predicted molar refractivity (Wildman–Crippen MR) is 117 cm³/mol. The van der Waals surface area contributed by atoms with Gasteiger partial charge in [0.05, 0.1) is 27.7 Å². The monoisotopic (exact) mass is 461 g/mol. The fraction of sp³-hybridized carbons (Fsp3) is 0.304. The van der Waals surface area contributed by atoms with Crippen LogP contribution in [0.15, 0.2) is 54.6 Å². The number of hydrogen-bond donors (Lipinski definition) is 2. The number of nitrogens with zero attached hydrogens (tertiary/aromatic N) is 2. The zero-order chi connectivity index (χ0) is 22.7. The maximum absolute atomic E-state index is 12.7. The number of carbonyl (C=O) groups excluding carboxylic acids is 1. The molecular weight excluding hydrogens is 439 g/mol. The Balaban J connectivity index is 1.37. The minimum atomic E-state index is -4.41. The lowest BCUT2D eigenvalue weighted by atomic mass is 9.97. The molecule has 0 saturated carbocycles. The van der Waals surface area contributed by atoms with Crippen molar-refractivity contribution >= 4 is 23.1 Å². The molecule has 0 atom stereocenters. The van der Waals surface area contributed by atoms with Gasteiger partial charge in [-0.25, -0.2) is 9.78 Å². The molecule has 1 saturated heterocycles. The van der Waals surface area contributed by atoms with E-state index in [1.165, 1.54) is 23.5 Å². The average Bonchev–Trinajstić information content (AvgIpc) is 3.24. The molecule has 2 heterocycles. The van der Waals surface area contributed by atoms with Gasteiger partial charge in [0.1, 0.15) is 0 Å². The van der Waals surface area contributed by atoms with E-state index in [-0.39, 0.29) is 18.6 Å². The zero-order valence-electron chi connectivity index (χ0n) is 17.1. The van der Waals surface area contributed by atoms with Crippen molar-refractivity contribution in [1.29, 1.82) is 0 Å². The number of alkyl halides is 3. The van der Waals surface area contributed by atoms with E-state index in [0.717, 1.165) is 46.1 Å². The van der Waals surface area contributed by atoms with Gasteiger partial charge in [0.15, 0.2) is 0 Å². The number of halogens is 3. The third-order valence-electron chi connectivity index (χ3n) is 5.50. The number of likely N-dealkylation sites (tertiary alicyclic amines) is 1. The molecule has 0 unspecified atom stereocenters. The first-order valence-electron chi connectivity index (χ1n) is 10.2. The van der Waals surface area contributed by atoms with Crippen molar-refractivity contribution in [3.8, 4) is 11.3 Å². The van der Waals surface area contributed by atoms with Crippen LogP contribution >= 0.6 is 11.3 Å². The van der Waals surface area contributed by atoms with Gasteiger partial charge in [-0.2, -0.15) is 13.2 Å². The predicted octanol–water partition coefficient (Wildman–Crippen LogP) is 5.73. The summed E-state index contributed by atoms with van der Waals surface area (Å²) in [5.74, 6) is 0.192. The molecular formula is C23H22F3N3O2S. The second-order valence-corrected chi connectivity index (χ2v) is 8.73. The van der Waals surface area contributed by atoms with Crippen LogP contribution in [0.4, 0.5) is 23.7 Å². The number of anilines is 1. The lowest BCUT2D eigenvalue weighted by molar-refractivity contribution is -0.137. The number of aliphatic hydroxyl groups is 1. The minimum Gasteiger partial charge on any atom is -0.391 e. The molecule has 2 aromatic carbocycles. The molecule has 1 aliphatic heterocycles. The van der Waals surface area contributed by atoms with Gasteiger partial charge >= 0.3 is 12.2 Å². The van der Waals surface area contributed by atoms with E-state index in [4.69, 9.17) is 4.98 Å². The lowest BCUT2D eigenvalue weighted by Crippen LogP contribution is -2.40. The third kappa shape index (κ3) is 4.94. The third-order valence-corrected chi connectivity index (χ3v) is 6.70. The normalized spacial score (nSPS) is 15.1. The number of hydrogen-bond acceptors (Lipinski definition) is 4. The summed E-state index contributed by atoms with van der Waals surface area (Å²) in [5.41, 5.74) is 1.34. The van der Waals surface area contributed by atoms with Crippen LogP contribution < -0.4 is 5.32 Å². The summed E-state index contributed by atoms with van der Waals surface area (Å²) < 4.78 is 38.0. The number of piperidine rings is 1. The van der Waals surface area contributed by atoms with Crippen molar-refractivity contribution in [2.45, 2.75) is 31.5 Å². The summed E-state index contributed by atoms with van der Waals surface area (Å²) >= 11 is 1.50. The number of benzene rings is 2. The van der Waals surface area contributed by atoms with Crippen molar-refractivity contribution in [2.24, 2.45) is 0 Å². The fourth-order valence-electron chi connectivity index (χ4n) is 3.75. The molecule has 2 amide bonds. The number of thiazole rings is 1. The quantitative estimate of drug-likeness (QED) is 0.521. The average molecular weight is 462 g/mol. The van der Waals surface area contributed by atoms with Gasteiger partial charge in [-0.3, -0.25) is 0 Å². The lowest BCUT2D eigenvalue weighted by Gasteiger charge is -2.31. The van der Waals surface area contributed by atoms with Crippen molar-refractivity contribution in [3.05, 3.63) is 70.0 Å². The van der Waals surface area contributed by atoms with E-state index in [1.807, 2.05) is 30.3 Å². The van der Waals surface area contributed by atoms with Crippen LogP contribution in [-0.4, -0.2) is 34.1 Å². The van der Waals surface area contributed by atoms with E-state index in [0.29, 0.717) is 18.8 Å². The van der Waals surface area contributed by atoms with Crippen molar-refractivity contribution in [3.63, 3.8) is 0 Å². The Morgan fingerprint density at radius 1 is 1.09 bits per heavy atom. The minimum absolute atomic E-state index is 0.0731. The second kappa shape index (κ2) is 9.30. The Morgan fingerprint density at radius 3 is 2.34 bits per heavy atom. The first-order valence-corrected chi connectivity index (χ1v) is 11.1. The number of amides is 2. The topological polar surface area (TPSA) is 65.5 Å². The highest BCUT2D eigenvalue weighted by molar-refractivity contribution is 7.12. The van der Waals surface area contributed by atoms with E-state index in [1.54, 1.807) is 4.90 Å². The Hall–Kier alpha value is -2.91. The molecule has 1 aromatic heterocycles. The first kappa shape index (κ1) is 22.3. The van der Waals surface area contributed by atoms with Crippen molar-refractivity contribution in [2.75, 3.05) is 18.4 Å². The Morgan fingerprint density at radius 2 is 1.75 bits per heavy atom. The zero-order valence-corrected chi connectivity index (χ0v) is 17.9. The Bertz CT molecular complexity index is 1060. The van der Waals surface area contributed by atoms with Crippen LogP contribution in [0.2, 0.25) is 0 Å². The van der Waals surface area contributed by atoms with Crippen LogP contribution in [0.5, 0.6) is 0 Å². The number of nitrogens with one attached hydrogen (secondary N) is 1. The molecule has 5 nitrogen and oxygen atoms in total. The second-order valence-electron chi connectivity index (χ2n) is 7.61. The van der Waals surface area contributed by atoms with Gasteiger partial charge in [-0.15, -0.1) is 11.3 Å². The summed E-state index contributed by atoms with van der Waals surface area (Å²) in [6.45, 7) is 0.966. The van der Waals surface area contributed by atoms with Gasteiger partial charge in [-0.1, -0.05) is 30.3 Å². The summed E-state index contributed by atoms with van der Waals surface area (Å²) in [5, 5.41) is 13.4. The van der Waals surface area contributed by atoms with Gasteiger partial charge in [0.25, 0.3) is 0 Å². The summed E-state index contributed by atoms with van der Waals surface area (Å²) in [6.07, 6.45) is -2.95. The fourth-order valence-corrected chi connectivity index (χ4v) is 4.86. The Labute approximate surface area is 187 Å². The Kier molecular flexibility index (Phi) is 6.48. The molecule has 0 radical (unpaired) electrons. The highest BCUT2D eigenvalue weighted by atomic mass is 32.1. The highest BCUT2D eigenvalue weighted by Crippen LogP contribution is 2.36. The van der Waals surface area contributed by atoms with Crippen LogP contribution in [0.3, 0.4) is 0 Å². The molecule has 1 aliphatic rings. The summed E-state index contributed by atoms with van der Waals surface area (Å²) in [7, 11) is 0. The number of aromatic nitrogens is 1. The molecule has 1 fully saturated rings. The van der Waals surface area contributed by atoms with Crippen molar-refractivity contribution in [1.82, 2.24) is 9.88 Å². The molecule has 0 bridgehead atoms. The molecule has 32 heavy (non-hydrogen) atoms. The van der Waals surface area contributed by atoms with Gasteiger partial charge in [-0.05, 0) is 37.1 Å².